The van der Waals surface area contributed by atoms with Crippen LogP contribution in [-0.2, 0) is 16.2 Å². The van der Waals surface area contributed by atoms with E-state index in [-0.39, 0.29) is 18.0 Å². The molecule has 0 aliphatic rings. The zero-order chi connectivity index (χ0) is 19.1. The number of non-ortho nitro benzene ring substituents is 1. The van der Waals surface area contributed by atoms with Gasteiger partial charge in [-0.25, -0.2) is 4.79 Å². The standard InChI is InChI=1S/C18H16N2O6/c1-12(21)19-16(18(22)23)10-14-4-2-3-5-17(14)26-11-13-6-8-15(9-7-13)20(24)25/h2-10H,11H2,1H3,(H,19,21)(H,22,23). The summed E-state index contributed by atoms with van der Waals surface area (Å²) < 4.78 is 5.69. The van der Waals surface area contributed by atoms with E-state index in [0.29, 0.717) is 11.3 Å². The van der Waals surface area contributed by atoms with Crippen molar-refractivity contribution in [3.8, 4) is 5.75 Å². The Bertz CT molecular complexity index is 858. The normalized spacial score (nSPS) is 10.9. The molecule has 0 aromatic heterocycles. The minimum atomic E-state index is -1.27. The summed E-state index contributed by atoms with van der Waals surface area (Å²) in [4.78, 5) is 32.5. The average Bonchev–Trinajstić information content (AvgIpc) is 2.60. The second kappa shape index (κ2) is 8.43. The zero-order valence-electron chi connectivity index (χ0n) is 13.8. The van der Waals surface area contributed by atoms with Crippen LogP contribution >= 0.6 is 0 Å². The smallest absolute Gasteiger partial charge is 0.352 e. The van der Waals surface area contributed by atoms with Crippen LogP contribution in [0.25, 0.3) is 6.08 Å². The predicted molar refractivity (Wildman–Crippen MR) is 93.3 cm³/mol. The molecule has 8 nitrogen and oxygen atoms in total. The van der Waals surface area contributed by atoms with E-state index in [1.54, 1.807) is 36.4 Å². The third kappa shape index (κ3) is 5.17. The highest BCUT2D eigenvalue weighted by molar-refractivity contribution is 5.96. The molecule has 0 aliphatic carbocycles. The number of carbonyl (C=O) groups is 2. The van der Waals surface area contributed by atoms with Gasteiger partial charge in [0.15, 0.2) is 0 Å². The number of nitrogens with zero attached hydrogens (tertiary/aromatic N) is 1. The van der Waals surface area contributed by atoms with Crippen molar-refractivity contribution in [3.05, 3.63) is 75.5 Å². The Hall–Kier alpha value is -3.68. The van der Waals surface area contributed by atoms with Crippen molar-refractivity contribution in [3.63, 3.8) is 0 Å². The first-order valence-corrected chi connectivity index (χ1v) is 7.54. The molecule has 2 aromatic rings. The minimum absolute atomic E-state index is 0.0153. The number of amides is 1. The van der Waals surface area contributed by atoms with E-state index in [0.717, 1.165) is 5.56 Å². The number of carboxylic acid groups (broad SMARTS) is 1. The second-order valence-electron chi connectivity index (χ2n) is 5.29. The first kappa shape index (κ1) is 18.7. The third-order valence-electron chi connectivity index (χ3n) is 3.30. The lowest BCUT2D eigenvalue weighted by Gasteiger charge is -2.10. The molecule has 0 aliphatic heterocycles. The van der Waals surface area contributed by atoms with Gasteiger partial charge in [-0.15, -0.1) is 0 Å². The van der Waals surface area contributed by atoms with Crippen LogP contribution in [0.5, 0.6) is 5.75 Å². The first-order chi connectivity index (χ1) is 12.4. The molecule has 0 radical (unpaired) electrons. The maximum Gasteiger partial charge on any atom is 0.352 e. The number of carbonyl (C=O) groups excluding carboxylic acids is 1. The average molecular weight is 356 g/mol. The number of nitro benzene ring substituents is 1. The lowest BCUT2D eigenvalue weighted by atomic mass is 10.1. The fraction of sp³-hybridized carbons (Fsp3) is 0.111. The van der Waals surface area contributed by atoms with E-state index in [2.05, 4.69) is 5.32 Å². The number of ether oxygens (including phenoxy) is 1. The van der Waals surface area contributed by atoms with Crippen molar-refractivity contribution < 1.29 is 24.4 Å². The predicted octanol–water partition coefficient (Wildman–Crippen LogP) is 2.74. The Morgan fingerprint density at radius 2 is 1.85 bits per heavy atom. The highest BCUT2D eigenvalue weighted by Crippen LogP contribution is 2.22. The number of nitro groups is 1. The Labute approximate surface area is 148 Å². The molecule has 0 unspecified atom stereocenters. The first-order valence-electron chi connectivity index (χ1n) is 7.54. The quantitative estimate of drug-likeness (QED) is 0.447. The van der Waals surface area contributed by atoms with Gasteiger partial charge < -0.3 is 15.2 Å². The number of rotatable bonds is 7. The number of hydrogen-bond donors (Lipinski definition) is 2. The summed E-state index contributed by atoms with van der Waals surface area (Å²) in [6.07, 6.45) is 1.30. The molecule has 0 fully saturated rings. The number of para-hydroxylation sites is 1. The van der Waals surface area contributed by atoms with Crippen molar-refractivity contribution in [1.82, 2.24) is 5.32 Å². The minimum Gasteiger partial charge on any atom is -0.488 e. The summed E-state index contributed by atoms with van der Waals surface area (Å²) in [5, 5.41) is 22.1. The van der Waals surface area contributed by atoms with E-state index in [9.17, 15) is 24.8 Å². The maximum absolute atomic E-state index is 11.2. The molecule has 0 saturated heterocycles. The summed E-state index contributed by atoms with van der Waals surface area (Å²) in [6, 6.07) is 12.7. The van der Waals surface area contributed by atoms with E-state index >= 15 is 0 Å². The Morgan fingerprint density at radius 3 is 2.42 bits per heavy atom. The van der Waals surface area contributed by atoms with Crippen LogP contribution in [0, 0.1) is 10.1 Å². The summed E-state index contributed by atoms with van der Waals surface area (Å²) in [5.41, 5.74) is 0.901. The highest BCUT2D eigenvalue weighted by Gasteiger charge is 2.11. The van der Waals surface area contributed by atoms with Gasteiger partial charge in [-0.1, -0.05) is 18.2 Å². The maximum atomic E-state index is 11.2. The van der Waals surface area contributed by atoms with Crippen LogP contribution in [0.1, 0.15) is 18.1 Å². The lowest BCUT2D eigenvalue weighted by Crippen LogP contribution is -2.24. The van der Waals surface area contributed by atoms with E-state index < -0.39 is 16.8 Å². The molecule has 0 heterocycles. The molecule has 0 saturated carbocycles. The summed E-state index contributed by atoms with van der Waals surface area (Å²) >= 11 is 0. The second-order valence-corrected chi connectivity index (χ2v) is 5.29. The van der Waals surface area contributed by atoms with Crippen LogP contribution in [0.15, 0.2) is 54.2 Å². The van der Waals surface area contributed by atoms with Crippen molar-refractivity contribution in [2.75, 3.05) is 0 Å². The third-order valence-corrected chi connectivity index (χ3v) is 3.30. The van der Waals surface area contributed by atoms with Crippen molar-refractivity contribution in [2.24, 2.45) is 0 Å². The van der Waals surface area contributed by atoms with Crippen LogP contribution in [0.4, 0.5) is 5.69 Å². The molecule has 2 rings (SSSR count). The van der Waals surface area contributed by atoms with Crippen LogP contribution < -0.4 is 10.1 Å². The Kier molecular flexibility index (Phi) is 6.05. The van der Waals surface area contributed by atoms with Crippen LogP contribution in [-0.4, -0.2) is 21.9 Å². The van der Waals surface area contributed by atoms with Gasteiger partial charge >= 0.3 is 5.97 Å². The number of nitrogens with one attached hydrogen (secondary N) is 1. The van der Waals surface area contributed by atoms with Crippen molar-refractivity contribution >= 4 is 23.6 Å². The monoisotopic (exact) mass is 356 g/mol. The molecule has 0 bridgehead atoms. The van der Waals surface area contributed by atoms with E-state index in [4.69, 9.17) is 4.74 Å². The number of benzene rings is 2. The molecule has 1 amide bonds. The van der Waals surface area contributed by atoms with Crippen LogP contribution in [0.3, 0.4) is 0 Å². The zero-order valence-corrected chi connectivity index (χ0v) is 13.8. The summed E-state index contributed by atoms with van der Waals surface area (Å²) in [6.45, 7) is 1.36. The van der Waals surface area contributed by atoms with Gasteiger partial charge in [0.05, 0.1) is 4.92 Å². The van der Waals surface area contributed by atoms with Crippen molar-refractivity contribution in [2.45, 2.75) is 13.5 Å². The van der Waals surface area contributed by atoms with E-state index in [1.807, 2.05) is 0 Å². The molecule has 2 N–H and O–H groups in total. The lowest BCUT2D eigenvalue weighted by molar-refractivity contribution is -0.384. The molecule has 2 aromatic carbocycles. The van der Waals surface area contributed by atoms with Crippen LogP contribution in [0.2, 0.25) is 0 Å². The molecular weight excluding hydrogens is 340 g/mol. The fourth-order valence-corrected chi connectivity index (χ4v) is 2.10. The molecule has 0 spiro atoms. The highest BCUT2D eigenvalue weighted by atomic mass is 16.6. The molecule has 134 valence electrons. The van der Waals surface area contributed by atoms with Gasteiger partial charge in [0.2, 0.25) is 5.91 Å². The van der Waals surface area contributed by atoms with Gasteiger partial charge in [0.1, 0.15) is 18.1 Å². The molecule has 26 heavy (non-hydrogen) atoms. The fourth-order valence-electron chi connectivity index (χ4n) is 2.10. The Morgan fingerprint density at radius 1 is 1.19 bits per heavy atom. The number of aliphatic carboxylic acids is 1. The SMILES string of the molecule is CC(=O)NC(=Cc1ccccc1OCc1ccc([N+](=O)[O-])cc1)C(=O)O. The van der Waals surface area contributed by atoms with Gasteiger partial charge in [-0.05, 0) is 29.8 Å². The topological polar surface area (TPSA) is 119 Å². The van der Waals surface area contributed by atoms with Gasteiger partial charge in [0.25, 0.3) is 5.69 Å². The van der Waals surface area contributed by atoms with E-state index in [1.165, 1.54) is 25.1 Å². The number of carboxylic acids is 1. The van der Waals surface area contributed by atoms with Gasteiger partial charge in [-0.3, -0.25) is 14.9 Å². The molecule has 8 heteroatoms. The summed E-state index contributed by atoms with van der Waals surface area (Å²) in [7, 11) is 0. The molecular formula is C18H16N2O6. The number of hydrogen-bond acceptors (Lipinski definition) is 5. The van der Waals surface area contributed by atoms with Gasteiger partial charge in [0, 0.05) is 24.6 Å². The molecule has 0 atom stereocenters. The Balaban J connectivity index is 2.19. The summed E-state index contributed by atoms with van der Waals surface area (Å²) in [5.74, 6) is -1.36. The van der Waals surface area contributed by atoms with Gasteiger partial charge in [-0.2, -0.15) is 0 Å². The largest absolute Gasteiger partial charge is 0.488 e. The van der Waals surface area contributed by atoms with Crippen molar-refractivity contribution in [1.29, 1.82) is 0 Å².